The number of nitrogens with one attached hydrogen (secondary N) is 1. The van der Waals surface area contributed by atoms with Gasteiger partial charge in [-0.05, 0) is 26.3 Å². The first-order chi connectivity index (χ1) is 11.6. The molecule has 2 aliphatic heterocycles. The van der Waals surface area contributed by atoms with E-state index in [9.17, 15) is 4.79 Å². The molecule has 0 unspecified atom stereocenters. The van der Waals surface area contributed by atoms with Gasteiger partial charge in [0.25, 0.3) is 0 Å². The van der Waals surface area contributed by atoms with Gasteiger partial charge in [-0.2, -0.15) is 4.98 Å². The standard InChI is InChI=1S/C16H27N5O3/c1-12-18-15(19-24-12)10-20(2)13-5-6-21(9-13)11-16(22)17-8-14-4-3-7-23-14/h13-14H,3-11H2,1-2H3,(H,17,22)/t13-,14+/m0/s1. The van der Waals surface area contributed by atoms with Crippen LogP contribution in [0.15, 0.2) is 4.52 Å². The van der Waals surface area contributed by atoms with E-state index < -0.39 is 0 Å². The second-order valence-electron chi connectivity index (χ2n) is 6.76. The predicted molar refractivity (Wildman–Crippen MR) is 87.3 cm³/mol. The van der Waals surface area contributed by atoms with Gasteiger partial charge in [0.05, 0.1) is 19.2 Å². The number of hydrogen-bond acceptors (Lipinski definition) is 7. The maximum Gasteiger partial charge on any atom is 0.234 e. The zero-order valence-electron chi connectivity index (χ0n) is 14.5. The lowest BCUT2D eigenvalue weighted by molar-refractivity contribution is -0.122. The molecule has 2 aliphatic rings. The lowest BCUT2D eigenvalue weighted by Gasteiger charge is -2.23. The van der Waals surface area contributed by atoms with E-state index in [0.29, 0.717) is 37.4 Å². The van der Waals surface area contributed by atoms with Crippen LogP contribution in [-0.4, -0.2) is 77.8 Å². The molecule has 0 radical (unpaired) electrons. The van der Waals surface area contributed by atoms with Crippen LogP contribution in [0.4, 0.5) is 0 Å². The van der Waals surface area contributed by atoms with Crippen LogP contribution in [0.2, 0.25) is 0 Å². The van der Waals surface area contributed by atoms with Crippen molar-refractivity contribution in [1.82, 2.24) is 25.3 Å². The molecule has 0 aromatic carbocycles. The molecule has 8 nitrogen and oxygen atoms in total. The summed E-state index contributed by atoms with van der Waals surface area (Å²) >= 11 is 0. The van der Waals surface area contributed by atoms with E-state index in [2.05, 4.69) is 32.3 Å². The number of likely N-dealkylation sites (N-methyl/N-ethyl adjacent to an activating group) is 1. The predicted octanol–water partition coefficient (Wildman–Crippen LogP) is 0.179. The minimum absolute atomic E-state index is 0.0857. The van der Waals surface area contributed by atoms with Gasteiger partial charge in [0.15, 0.2) is 5.82 Å². The summed E-state index contributed by atoms with van der Waals surface area (Å²) in [6, 6.07) is 0.412. The van der Waals surface area contributed by atoms with Crippen LogP contribution in [0.25, 0.3) is 0 Å². The van der Waals surface area contributed by atoms with Gasteiger partial charge >= 0.3 is 0 Å². The first-order valence-electron chi connectivity index (χ1n) is 8.70. The average molecular weight is 337 g/mol. The molecule has 3 heterocycles. The summed E-state index contributed by atoms with van der Waals surface area (Å²) in [5, 5.41) is 6.93. The summed E-state index contributed by atoms with van der Waals surface area (Å²) < 4.78 is 10.5. The van der Waals surface area contributed by atoms with Crippen molar-refractivity contribution in [1.29, 1.82) is 0 Å². The van der Waals surface area contributed by atoms with Gasteiger partial charge in [0.2, 0.25) is 11.8 Å². The van der Waals surface area contributed by atoms with Gasteiger partial charge in [-0.1, -0.05) is 5.16 Å². The number of hydrogen-bond donors (Lipinski definition) is 1. The molecule has 0 spiro atoms. The third-order valence-electron chi connectivity index (χ3n) is 4.75. The number of amides is 1. The van der Waals surface area contributed by atoms with Gasteiger partial charge in [-0.3, -0.25) is 14.6 Å². The highest BCUT2D eigenvalue weighted by atomic mass is 16.5. The van der Waals surface area contributed by atoms with Crippen molar-refractivity contribution < 1.29 is 14.1 Å². The number of carbonyl (C=O) groups excluding carboxylic acids is 1. The molecule has 2 saturated heterocycles. The lowest BCUT2D eigenvalue weighted by Crippen LogP contribution is -2.41. The van der Waals surface area contributed by atoms with Gasteiger partial charge in [0.1, 0.15) is 0 Å². The molecule has 0 aliphatic carbocycles. The summed E-state index contributed by atoms with van der Waals surface area (Å²) in [6.07, 6.45) is 3.39. The molecule has 0 bridgehead atoms. The maximum absolute atomic E-state index is 12.1. The highest BCUT2D eigenvalue weighted by Crippen LogP contribution is 2.16. The number of aryl methyl sites for hydroxylation is 1. The Kier molecular flexibility index (Phi) is 5.80. The number of likely N-dealkylation sites (tertiary alicyclic amines) is 1. The van der Waals surface area contributed by atoms with Crippen molar-refractivity contribution in [2.75, 3.05) is 39.8 Å². The summed E-state index contributed by atoms with van der Waals surface area (Å²) in [5.41, 5.74) is 0. The molecule has 1 amide bonds. The topological polar surface area (TPSA) is 83.7 Å². The Balaban J connectivity index is 1.37. The third-order valence-corrected chi connectivity index (χ3v) is 4.75. The normalized spacial score (nSPS) is 24.8. The van der Waals surface area contributed by atoms with E-state index in [4.69, 9.17) is 9.26 Å². The number of aromatic nitrogens is 2. The first-order valence-corrected chi connectivity index (χ1v) is 8.70. The molecule has 0 saturated carbocycles. The van der Waals surface area contributed by atoms with Gasteiger partial charge in [0, 0.05) is 39.2 Å². The molecule has 1 aromatic rings. The Hall–Kier alpha value is -1.51. The second-order valence-corrected chi connectivity index (χ2v) is 6.76. The quantitative estimate of drug-likeness (QED) is 0.760. The van der Waals surface area contributed by atoms with Crippen LogP contribution < -0.4 is 5.32 Å². The Morgan fingerprint density at radius 2 is 2.33 bits per heavy atom. The van der Waals surface area contributed by atoms with E-state index in [1.165, 1.54) is 0 Å². The first kappa shape index (κ1) is 17.3. The smallest absolute Gasteiger partial charge is 0.234 e. The third kappa shape index (κ3) is 4.75. The molecule has 3 rings (SSSR count). The number of carbonyl (C=O) groups is 1. The fraction of sp³-hybridized carbons (Fsp3) is 0.812. The Morgan fingerprint density at radius 3 is 3.04 bits per heavy atom. The molecular formula is C16H27N5O3. The van der Waals surface area contributed by atoms with E-state index in [-0.39, 0.29) is 12.0 Å². The SMILES string of the molecule is Cc1nc(CN(C)[C@H]2CCN(CC(=O)NC[C@H]3CCCO3)C2)no1. The zero-order chi connectivity index (χ0) is 16.9. The molecule has 2 atom stereocenters. The molecule has 24 heavy (non-hydrogen) atoms. The number of ether oxygens (including phenoxy) is 1. The molecule has 8 heteroatoms. The van der Waals surface area contributed by atoms with E-state index in [1.807, 2.05) is 0 Å². The summed E-state index contributed by atoms with van der Waals surface area (Å²) in [5.74, 6) is 1.39. The molecule has 1 aromatic heterocycles. The van der Waals surface area contributed by atoms with Crippen LogP contribution in [0, 0.1) is 6.92 Å². The minimum atomic E-state index is 0.0857. The van der Waals surface area contributed by atoms with Crippen LogP contribution in [0.1, 0.15) is 31.0 Å². The summed E-state index contributed by atoms with van der Waals surface area (Å²) in [4.78, 5) is 20.7. The van der Waals surface area contributed by atoms with Crippen molar-refractivity contribution >= 4 is 5.91 Å². The second kappa shape index (κ2) is 8.04. The zero-order valence-corrected chi connectivity index (χ0v) is 14.5. The Bertz CT molecular complexity index is 544. The van der Waals surface area contributed by atoms with Gasteiger partial charge < -0.3 is 14.6 Å². The van der Waals surface area contributed by atoms with E-state index in [0.717, 1.165) is 39.0 Å². The van der Waals surface area contributed by atoms with Crippen molar-refractivity contribution in [2.24, 2.45) is 0 Å². The average Bonchev–Trinajstić information content (AvgIpc) is 3.27. The van der Waals surface area contributed by atoms with Crippen LogP contribution in [-0.2, 0) is 16.1 Å². The molecule has 134 valence electrons. The maximum atomic E-state index is 12.1. The number of nitrogens with zero attached hydrogens (tertiary/aromatic N) is 4. The van der Waals surface area contributed by atoms with Gasteiger partial charge in [-0.15, -0.1) is 0 Å². The Labute approximate surface area is 142 Å². The highest BCUT2D eigenvalue weighted by Gasteiger charge is 2.27. The molecule has 2 fully saturated rings. The van der Waals surface area contributed by atoms with Crippen molar-refractivity contribution in [3.05, 3.63) is 11.7 Å². The summed E-state index contributed by atoms with van der Waals surface area (Å²) in [7, 11) is 2.07. The minimum Gasteiger partial charge on any atom is -0.376 e. The molecule has 1 N–H and O–H groups in total. The van der Waals surface area contributed by atoms with Crippen LogP contribution in [0.3, 0.4) is 0 Å². The fourth-order valence-electron chi connectivity index (χ4n) is 3.37. The van der Waals surface area contributed by atoms with Crippen LogP contribution >= 0.6 is 0 Å². The highest BCUT2D eigenvalue weighted by molar-refractivity contribution is 5.78. The molecular weight excluding hydrogens is 310 g/mol. The lowest BCUT2D eigenvalue weighted by atomic mass is 10.2. The monoisotopic (exact) mass is 337 g/mol. The Morgan fingerprint density at radius 1 is 1.46 bits per heavy atom. The van der Waals surface area contributed by atoms with Crippen LogP contribution in [0.5, 0.6) is 0 Å². The number of rotatable bonds is 7. The van der Waals surface area contributed by atoms with Gasteiger partial charge in [-0.25, -0.2) is 0 Å². The summed E-state index contributed by atoms with van der Waals surface area (Å²) in [6.45, 7) is 6.20. The van der Waals surface area contributed by atoms with Crippen molar-refractivity contribution in [3.63, 3.8) is 0 Å². The fourth-order valence-corrected chi connectivity index (χ4v) is 3.37. The van der Waals surface area contributed by atoms with Crippen molar-refractivity contribution in [3.8, 4) is 0 Å². The van der Waals surface area contributed by atoms with E-state index in [1.54, 1.807) is 6.92 Å². The largest absolute Gasteiger partial charge is 0.376 e. The van der Waals surface area contributed by atoms with Crippen molar-refractivity contribution in [2.45, 2.75) is 44.9 Å². The van der Waals surface area contributed by atoms with E-state index >= 15 is 0 Å².